The lowest BCUT2D eigenvalue weighted by molar-refractivity contribution is 1.41. The van der Waals surface area contributed by atoms with E-state index in [1.807, 2.05) is 48.5 Å². The van der Waals surface area contributed by atoms with Crippen molar-refractivity contribution < 1.29 is 0 Å². The van der Waals surface area contributed by atoms with Crippen molar-refractivity contribution in [2.75, 3.05) is 0 Å². The standard InChI is InChI=1S/C14H9ClN2S/c15-11-7-5-10(6-8-11)9-16-14-17-12-3-1-2-4-13(12)18-14/h1-9H/b16-9+. The maximum atomic E-state index is 5.83. The molecule has 3 rings (SSSR count). The second kappa shape index (κ2) is 4.88. The number of rotatable bonds is 2. The quantitative estimate of drug-likeness (QED) is 0.621. The highest BCUT2D eigenvalue weighted by atomic mass is 35.5. The van der Waals surface area contributed by atoms with E-state index in [0.717, 1.165) is 25.9 Å². The molecule has 3 aromatic rings. The summed E-state index contributed by atoms with van der Waals surface area (Å²) in [4.78, 5) is 8.82. The van der Waals surface area contributed by atoms with Gasteiger partial charge in [-0.2, -0.15) is 0 Å². The summed E-state index contributed by atoms with van der Waals surface area (Å²) in [6.07, 6.45) is 1.80. The van der Waals surface area contributed by atoms with Crippen LogP contribution in [0.15, 0.2) is 53.5 Å². The van der Waals surface area contributed by atoms with Crippen molar-refractivity contribution >= 4 is 44.5 Å². The van der Waals surface area contributed by atoms with Gasteiger partial charge in [0.2, 0.25) is 5.13 Å². The molecule has 0 aliphatic heterocycles. The van der Waals surface area contributed by atoms with E-state index < -0.39 is 0 Å². The van der Waals surface area contributed by atoms with Gasteiger partial charge in [-0.25, -0.2) is 9.98 Å². The molecule has 0 radical (unpaired) electrons. The van der Waals surface area contributed by atoms with Crippen LogP contribution in [0.3, 0.4) is 0 Å². The number of hydrogen-bond donors (Lipinski definition) is 0. The summed E-state index contributed by atoms with van der Waals surface area (Å²) in [6.45, 7) is 0. The summed E-state index contributed by atoms with van der Waals surface area (Å²) in [5, 5.41) is 1.50. The highest BCUT2D eigenvalue weighted by Gasteiger charge is 2.00. The third-order valence-corrected chi connectivity index (χ3v) is 3.67. The highest BCUT2D eigenvalue weighted by molar-refractivity contribution is 7.22. The number of fused-ring (bicyclic) bond motifs is 1. The summed E-state index contributed by atoms with van der Waals surface area (Å²) in [7, 11) is 0. The highest BCUT2D eigenvalue weighted by Crippen LogP contribution is 2.27. The number of nitrogens with zero attached hydrogens (tertiary/aromatic N) is 2. The number of hydrogen-bond acceptors (Lipinski definition) is 3. The third-order valence-electron chi connectivity index (χ3n) is 2.48. The average molecular weight is 273 g/mol. The van der Waals surface area contributed by atoms with Crippen LogP contribution >= 0.6 is 22.9 Å². The van der Waals surface area contributed by atoms with Gasteiger partial charge >= 0.3 is 0 Å². The Kier molecular flexibility index (Phi) is 3.09. The van der Waals surface area contributed by atoms with Crippen LogP contribution in [0.2, 0.25) is 5.02 Å². The van der Waals surface area contributed by atoms with Crippen molar-refractivity contribution in [3.05, 3.63) is 59.1 Å². The number of benzene rings is 2. The molecule has 18 heavy (non-hydrogen) atoms. The molecule has 0 saturated carbocycles. The largest absolute Gasteiger partial charge is 0.227 e. The number of halogens is 1. The fourth-order valence-electron chi connectivity index (χ4n) is 1.59. The number of aliphatic imine (C=N–C) groups is 1. The summed E-state index contributed by atoms with van der Waals surface area (Å²) in [5.74, 6) is 0. The predicted octanol–water partition coefficient (Wildman–Crippen LogP) is 4.70. The molecule has 0 atom stereocenters. The Balaban J connectivity index is 1.89. The first-order chi connectivity index (χ1) is 8.81. The molecule has 0 aliphatic rings. The fraction of sp³-hybridized carbons (Fsp3) is 0. The van der Waals surface area contributed by atoms with E-state index in [9.17, 15) is 0 Å². The molecule has 1 aromatic heterocycles. The fourth-order valence-corrected chi connectivity index (χ4v) is 2.53. The van der Waals surface area contributed by atoms with E-state index in [1.54, 1.807) is 17.6 Å². The lowest BCUT2D eigenvalue weighted by atomic mass is 10.2. The molecular weight excluding hydrogens is 264 g/mol. The van der Waals surface area contributed by atoms with Crippen LogP contribution in [-0.2, 0) is 0 Å². The molecule has 1 heterocycles. The summed E-state index contributed by atoms with van der Waals surface area (Å²) < 4.78 is 1.15. The van der Waals surface area contributed by atoms with E-state index in [-0.39, 0.29) is 0 Å². The first-order valence-corrected chi connectivity index (χ1v) is 6.66. The number of thiazole rings is 1. The molecule has 0 bridgehead atoms. The maximum Gasteiger partial charge on any atom is 0.210 e. The van der Waals surface area contributed by atoms with Gasteiger partial charge < -0.3 is 0 Å². The smallest absolute Gasteiger partial charge is 0.210 e. The Hall–Kier alpha value is -1.71. The summed E-state index contributed by atoms with van der Waals surface area (Å²) >= 11 is 7.41. The third kappa shape index (κ3) is 2.42. The second-order valence-electron chi connectivity index (χ2n) is 3.77. The molecule has 0 unspecified atom stereocenters. The zero-order valence-electron chi connectivity index (χ0n) is 9.38. The molecule has 0 aliphatic carbocycles. The van der Waals surface area contributed by atoms with Crippen LogP contribution in [-0.4, -0.2) is 11.2 Å². The van der Waals surface area contributed by atoms with Crippen LogP contribution in [0.4, 0.5) is 5.13 Å². The second-order valence-corrected chi connectivity index (χ2v) is 5.22. The van der Waals surface area contributed by atoms with E-state index in [2.05, 4.69) is 9.98 Å². The Morgan fingerprint density at radius 2 is 1.83 bits per heavy atom. The molecule has 2 aromatic carbocycles. The van der Waals surface area contributed by atoms with Crippen LogP contribution in [0.25, 0.3) is 10.2 Å². The lowest BCUT2D eigenvalue weighted by Crippen LogP contribution is -1.78. The van der Waals surface area contributed by atoms with Crippen molar-refractivity contribution in [2.45, 2.75) is 0 Å². The van der Waals surface area contributed by atoms with Crippen molar-refractivity contribution in [2.24, 2.45) is 4.99 Å². The van der Waals surface area contributed by atoms with E-state index in [1.165, 1.54) is 0 Å². The van der Waals surface area contributed by atoms with Crippen LogP contribution in [0.1, 0.15) is 5.56 Å². The van der Waals surface area contributed by atoms with Gasteiger partial charge in [-0.3, -0.25) is 0 Å². The topological polar surface area (TPSA) is 25.2 Å². The zero-order valence-corrected chi connectivity index (χ0v) is 10.9. The average Bonchev–Trinajstić information content (AvgIpc) is 2.81. The number of aromatic nitrogens is 1. The van der Waals surface area contributed by atoms with Gasteiger partial charge in [0.05, 0.1) is 10.2 Å². The Labute approximate surface area is 114 Å². The Morgan fingerprint density at radius 3 is 2.61 bits per heavy atom. The van der Waals surface area contributed by atoms with Crippen LogP contribution in [0, 0.1) is 0 Å². The van der Waals surface area contributed by atoms with Crippen molar-refractivity contribution in [1.29, 1.82) is 0 Å². The summed E-state index contributed by atoms with van der Waals surface area (Å²) in [6, 6.07) is 15.6. The molecular formula is C14H9ClN2S. The summed E-state index contributed by atoms with van der Waals surface area (Å²) in [5.41, 5.74) is 2.00. The number of para-hydroxylation sites is 1. The van der Waals surface area contributed by atoms with Gasteiger partial charge in [-0.1, -0.05) is 47.2 Å². The van der Waals surface area contributed by atoms with Crippen molar-refractivity contribution in [3.8, 4) is 0 Å². The SMILES string of the molecule is Clc1ccc(/C=N/c2nc3ccccc3s2)cc1. The molecule has 0 saturated heterocycles. The van der Waals surface area contributed by atoms with Gasteiger partial charge in [0.25, 0.3) is 0 Å². The lowest BCUT2D eigenvalue weighted by Gasteiger charge is -1.91. The van der Waals surface area contributed by atoms with Gasteiger partial charge in [0, 0.05) is 11.2 Å². The molecule has 4 heteroatoms. The van der Waals surface area contributed by atoms with Crippen LogP contribution < -0.4 is 0 Å². The van der Waals surface area contributed by atoms with Gasteiger partial charge in [-0.05, 0) is 29.8 Å². The van der Waals surface area contributed by atoms with E-state index >= 15 is 0 Å². The van der Waals surface area contributed by atoms with Crippen LogP contribution in [0.5, 0.6) is 0 Å². The van der Waals surface area contributed by atoms with E-state index in [0.29, 0.717) is 0 Å². The maximum absolute atomic E-state index is 5.83. The Morgan fingerprint density at radius 1 is 1.06 bits per heavy atom. The van der Waals surface area contributed by atoms with Gasteiger partial charge in [0.1, 0.15) is 0 Å². The van der Waals surface area contributed by atoms with Crippen molar-refractivity contribution in [3.63, 3.8) is 0 Å². The minimum atomic E-state index is 0.729. The molecule has 0 fully saturated rings. The van der Waals surface area contributed by atoms with Gasteiger partial charge in [0.15, 0.2) is 0 Å². The predicted molar refractivity (Wildman–Crippen MR) is 78.3 cm³/mol. The minimum absolute atomic E-state index is 0.729. The first kappa shape index (κ1) is 11.4. The van der Waals surface area contributed by atoms with E-state index in [4.69, 9.17) is 11.6 Å². The van der Waals surface area contributed by atoms with Crippen molar-refractivity contribution in [1.82, 2.24) is 4.98 Å². The van der Waals surface area contributed by atoms with Gasteiger partial charge in [-0.15, -0.1) is 0 Å². The zero-order chi connectivity index (χ0) is 12.4. The molecule has 0 spiro atoms. The molecule has 0 amide bonds. The molecule has 88 valence electrons. The minimum Gasteiger partial charge on any atom is -0.227 e. The Bertz CT molecular complexity index is 668. The molecule has 0 N–H and O–H groups in total. The molecule has 2 nitrogen and oxygen atoms in total. The first-order valence-electron chi connectivity index (χ1n) is 5.46. The normalized spacial score (nSPS) is 11.4. The monoisotopic (exact) mass is 272 g/mol.